The molecule has 1 aromatic heterocycles. The molecular weight excluding hydrogens is 494 g/mol. The van der Waals surface area contributed by atoms with Crippen LogP contribution < -0.4 is 20.4 Å². The zero-order valence-corrected chi connectivity index (χ0v) is 22.3. The van der Waals surface area contributed by atoms with Crippen LogP contribution in [-0.2, 0) is 11.2 Å². The molecule has 0 bridgehead atoms. The van der Waals surface area contributed by atoms with Gasteiger partial charge < -0.3 is 20.1 Å². The summed E-state index contributed by atoms with van der Waals surface area (Å²) in [6, 6.07) is 13.9. The number of carbonyl (C=O) groups is 3. The lowest BCUT2D eigenvalue weighted by atomic mass is 10.1. The number of carboxylic acid groups (broad SMARTS) is 1. The number of carbonyl (C=O) groups excluding carboxylic acids is 2. The molecule has 0 aliphatic rings. The first kappa shape index (κ1) is 27.5. The largest absolute Gasteiger partial charge is 0.465 e. The van der Waals surface area contributed by atoms with Gasteiger partial charge in [-0.1, -0.05) is 12.1 Å². The van der Waals surface area contributed by atoms with Gasteiger partial charge in [-0.05, 0) is 57.2 Å². The van der Waals surface area contributed by atoms with E-state index in [1.54, 1.807) is 62.5 Å². The number of rotatable bonds is 8. The van der Waals surface area contributed by atoms with Crippen molar-refractivity contribution in [3.8, 4) is 0 Å². The maximum absolute atomic E-state index is 12.8. The fourth-order valence-electron chi connectivity index (χ4n) is 3.41. The summed E-state index contributed by atoms with van der Waals surface area (Å²) < 4.78 is 5.22. The average molecular weight is 526 g/mol. The van der Waals surface area contributed by atoms with Gasteiger partial charge in [0.1, 0.15) is 5.60 Å². The van der Waals surface area contributed by atoms with Crippen LogP contribution in [0, 0.1) is 0 Å². The van der Waals surface area contributed by atoms with Crippen LogP contribution >= 0.6 is 11.3 Å². The van der Waals surface area contributed by atoms with Gasteiger partial charge in [0.2, 0.25) is 0 Å². The van der Waals surface area contributed by atoms with Crippen LogP contribution in [0.1, 0.15) is 36.8 Å². The van der Waals surface area contributed by atoms with Crippen molar-refractivity contribution in [2.24, 2.45) is 0 Å². The molecule has 0 radical (unpaired) electrons. The Hall–Kier alpha value is -4.12. The van der Waals surface area contributed by atoms with Crippen LogP contribution in [0.5, 0.6) is 0 Å². The Morgan fingerprint density at radius 2 is 1.70 bits per heavy atom. The summed E-state index contributed by atoms with van der Waals surface area (Å²) in [6.45, 7) is 5.47. The van der Waals surface area contributed by atoms with E-state index in [4.69, 9.17) is 4.74 Å². The quantitative estimate of drug-likeness (QED) is 0.353. The van der Waals surface area contributed by atoms with Crippen molar-refractivity contribution in [1.82, 2.24) is 4.98 Å². The monoisotopic (exact) mass is 525 g/mol. The molecule has 11 heteroatoms. The number of hydrogen-bond donors (Lipinski definition) is 3. The highest BCUT2D eigenvalue weighted by atomic mass is 32.1. The number of thiazole rings is 1. The minimum atomic E-state index is -1.11. The van der Waals surface area contributed by atoms with Crippen molar-refractivity contribution in [2.75, 3.05) is 41.1 Å². The molecule has 37 heavy (non-hydrogen) atoms. The third-order valence-corrected chi connectivity index (χ3v) is 5.86. The fourth-order valence-corrected chi connectivity index (χ4v) is 4.14. The Kier molecular flexibility index (Phi) is 8.72. The van der Waals surface area contributed by atoms with E-state index >= 15 is 0 Å². The molecule has 0 unspecified atom stereocenters. The smallest absolute Gasteiger partial charge is 0.413 e. The molecule has 0 atom stereocenters. The maximum atomic E-state index is 12.8. The third-order valence-electron chi connectivity index (χ3n) is 5.05. The van der Waals surface area contributed by atoms with Gasteiger partial charge in [0.15, 0.2) is 5.13 Å². The lowest BCUT2D eigenvalue weighted by molar-refractivity contribution is 0.0635. The molecule has 2 aromatic carbocycles. The highest BCUT2D eigenvalue weighted by Crippen LogP contribution is 2.23. The fraction of sp³-hybridized carbons (Fsp3) is 0.308. The summed E-state index contributed by atoms with van der Waals surface area (Å²) in [6.07, 6.45) is -1.37. The van der Waals surface area contributed by atoms with Gasteiger partial charge in [-0.15, -0.1) is 11.3 Å². The van der Waals surface area contributed by atoms with Crippen LogP contribution in [-0.4, -0.2) is 54.4 Å². The minimum Gasteiger partial charge on any atom is -0.465 e. The highest BCUT2D eigenvalue weighted by Gasteiger charge is 2.19. The predicted molar refractivity (Wildman–Crippen MR) is 146 cm³/mol. The number of ether oxygens (including phenoxy) is 1. The number of anilines is 4. The van der Waals surface area contributed by atoms with E-state index in [9.17, 15) is 19.5 Å². The molecule has 3 N–H and O–H groups in total. The molecule has 0 aliphatic carbocycles. The van der Waals surface area contributed by atoms with Gasteiger partial charge in [0.25, 0.3) is 5.91 Å². The number of aromatic nitrogens is 1. The van der Waals surface area contributed by atoms with E-state index in [0.29, 0.717) is 34.2 Å². The first-order chi connectivity index (χ1) is 17.4. The predicted octanol–water partition coefficient (Wildman–Crippen LogP) is 5.54. The van der Waals surface area contributed by atoms with Crippen LogP contribution in [0.15, 0.2) is 53.9 Å². The number of hydrogen-bond acceptors (Lipinski definition) is 7. The van der Waals surface area contributed by atoms with Crippen LogP contribution in [0.25, 0.3) is 0 Å². The zero-order valence-electron chi connectivity index (χ0n) is 21.4. The number of para-hydroxylation sites is 1. The van der Waals surface area contributed by atoms with Crippen molar-refractivity contribution in [2.45, 2.75) is 32.8 Å². The Balaban J connectivity index is 1.62. The SMILES string of the molecule is CN(C)c1ccccc1C(=O)Nc1ccc(N(CCc2csc(NC(=O)OC(C)(C)C)n2)C(=O)O)cc1. The highest BCUT2D eigenvalue weighted by molar-refractivity contribution is 7.13. The second kappa shape index (κ2) is 11.7. The Labute approximate surface area is 219 Å². The second-order valence-electron chi connectivity index (χ2n) is 9.37. The lowest BCUT2D eigenvalue weighted by Gasteiger charge is -2.20. The van der Waals surface area contributed by atoms with Gasteiger partial charge in [-0.2, -0.15) is 0 Å². The van der Waals surface area contributed by atoms with Crippen molar-refractivity contribution in [3.05, 3.63) is 65.2 Å². The average Bonchev–Trinajstić information content (AvgIpc) is 3.25. The third kappa shape index (κ3) is 7.94. The van der Waals surface area contributed by atoms with Gasteiger partial charge >= 0.3 is 12.2 Å². The lowest BCUT2D eigenvalue weighted by Crippen LogP contribution is -2.31. The van der Waals surface area contributed by atoms with Crippen LogP contribution in [0.3, 0.4) is 0 Å². The molecule has 1 heterocycles. The Morgan fingerprint density at radius 3 is 2.32 bits per heavy atom. The van der Waals surface area contributed by atoms with Crippen molar-refractivity contribution < 1.29 is 24.2 Å². The summed E-state index contributed by atoms with van der Waals surface area (Å²) in [5, 5.41) is 17.3. The molecule has 0 spiro atoms. The van der Waals surface area contributed by atoms with Crippen LogP contribution in [0.4, 0.5) is 31.8 Å². The van der Waals surface area contributed by atoms with E-state index in [2.05, 4.69) is 15.6 Å². The normalized spacial score (nSPS) is 10.9. The number of nitrogens with zero attached hydrogens (tertiary/aromatic N) is 3. The Morgan fingerprint density at radius 1 is 1.03 bits per heavy atom. The molecule has 10 nitrogen and oxygen atoms in total. The summed E-state index contributed by atoms with van der Waals surface area (Å²) in [4.78, 5) is 44.0. The summed E-state index contributed by atoms with van der Waals surface area (Å²) in [5.41, 5.74) is 2.35. The molecule has 0 aliphatic heterocycles. The number of nitrogens with one attached hydrogen (secondary N) is 2. The molecule has 3 aromatic rings. The topological polar surface area (TPSA) is 124 Å². The van der Waals surface area contributed by atoms with E-state index in [-0.39, 0.29) is 12.5 Å². The molecule has 3 amide bonds. The second-order valence-corrected chi connectivity index (χ2v) is 10.2. The van der Waals surface area contributed by atoms with E-state index in [1.807, 2.05) is 31.1 Å². The van der Waals surface area contributed by atoms with Gasteiger partial charge in [-0.3, -0.25) is 15.0 Å². The maximum Gasteiger partial charge on any atom is 0.413 e. The molecule has 0 fully saturated rings. The zero-order chi connectivity index (χ0) is 27.2. The molecular formula is C26H31N5O5S. The molecule has 3 rings (SSSR count). The van der Waals surface area contributed by atoms with Gasteiger partial charge in [0.05, 0.1) is 11.3 Å². The number of amides is 3. The summed E-state index contributed by atoms with van der Waals surface area (Å²) >= 11 is 1.24. The molecule has 196 valence electrons. The number of benzene rings is 2. The van der Waals surface area contributed by atoms with Crippen molar-refractivity contribution in [1.29, 1.82) is 0 Å². The molecule has 0 saturated heterocycles. The standard InChI is InChI=1S/C26H31N5O5S/c1-26(2,3)36-24(33)29-23-28-18(16-37-23)14-15-31(25(34)35)19-12-10-17(11-13-19)27-22(32)20-8-6-7-9-21(20)30(4)5/h6-13,16H,14-15H2,1-5H3,(H,27,32)(H,34,35)(H,28,29,33). The van der Waals surface area contributed by atoms with E-state index < -0.39 is 17.8 Å². The minimum absolute atomic E-state index is 0.160. The first-order valence-electron chi connectivity index (χ1n) is 11.6. The van der Waals surface area contributed by atoms with E-state index in [1.165, 1.54) is 16.2 Å². The van der Waals surface area contributed by atoms with Crippen molar-refractivity contribution in [3.63, 3.8) is 0 Å². The first-order valence-corrected chi connectivity index (χ1v) is 12.4. The summed E-state index contributed by atoms with van der Waals surface area (Å²) in [5.74, 6) is -0.258. The van der Waals surface area contributed by atoms with Gasteiger partial charge in [-0.25, -0.2) is 14.6 Å². The van der Waals surface area contributed by atoms with Crippen LogP contribution in [0.2, 0.25) is 0 Å². The summed E-state index contributed by atoms with van der Waals surface area (Å²) in [7, 11) is 3.73. The van der Waals surface area contributed by atoms with Crippen molar-refractivity contribution >= 4 is 51.6 Å². The molecule has 0 saturated carbocycles. The van der Waals surface area contributed by atoms with E-state index in [0.717, 1.165) is 5.69 Å². The van der Waals surface area contributed by atoms with Gasteiger partial charge in [0, 0.05) is 49.5 Å². The Bertz CT molecular complexity index is 1250.